The molecule has 0 spiro atoms. The van der Waals surface area contributed by atoms with Gasteiger partial charge >= 0.3 is 6.18 Å². The van der Waals surface area contributed by atoms with E-state index in [1.165, 1.54) is 18.2 Å². The average Bonchev–Trinajstić information content (AvgIpc) is 2.45. The second-order valence-corrected chi connectivity index (χ2v) is 4.64. The number of carbonyl (C=O) groups excluding carboxylic acids is 1. The minimum absolute atomic E-state index is 0.0991. The second-order valence-electron chi connectivity index (χ2n) is 4.64. The molecule has 2 rings (SSSR count). The third kappa shape index (κ3) is 3.85. The number of alkyl halides is 3. The van der Waals surface area contributed by atoms with Gasteiger partial charge in [0.2, 0.25) is 5.91 Å². The summed E-state index contributed by atoms with van der Waals surface area (Å²) in [6, 6.07) is 4.74. The van der Waals surface area contributed by atoms with Crippen LogP contribution in [0.4, 0.5) is 13.2 Å². The van der Waals surface area contributed by atoms with E-state index in [2.05, 4.69) is 6.42 Å². The fourth-order valence-electron chi connectivity index (χ4n) is 2.03. The molecular formula is C15H15F3NO. The van der Waals surface area contributed by atoms with Crippen molar-refractivity contribution in [2.24, 2.45) is 0 Å². The summed E-state index contributed by atoms with van der Waals surface area (Å²) in [6.07, 6.45) is 2.54. The van der Waals surface area contributed by atoms with E-state index in [0.29, 0.717) is 18.7 Å². The lowest BCUT2D eigenvalue weighted by Crippen LogP contribution is -2.34. The fourth-order valence-corrected chi connectivity index (χ4v) is 2.03. The van der Waals surface area contributed by atoms with Gasteiger partial charge in [0.05, 0.1) is 5.56 Å². The molecule has 0 aromatic heterocycles. The van der Waals surface area contributed by atoms with Crippen molar-refractivity contribution >= 4 is 12.0 Å². The molecule has 1 aromatic carbocycles. The minimum Gasteiger partial charge on any atom is -0.339 e. The largest absolute Gasteiger partial charge is 0.416 e. The molecule has 0 atom stereocenters. The van der Waals surface area contributed by atoms with E-state index < -0.39 is 11.7 Å². The van der Waals surface area contributed by atoms with Gasteiger partial charge in [-0.2, -0.15) is 13.2 Å². The number of hydrogen-bond acceptors (Lipinski definition) is 1. The van der Waals surface area contributed by atoms with Crippen LogP contribution in [0.1, 0.15) is 24.0 Å². The predicted molar refractivity (Wildman–Crippen MR) is 70.6 cm³/mol. The predicted octanol–water partition coefficient (Wildman–Crippen LogP) is 3.55. The first kappa shape index (κ1) is 14.6. The summed E-state index contributed by atoms with van der Waals surface area (Å²) in [6.45, 7) is 1.41. The number of piperidine rings is 1. The quantitative estimate of drug-likeness (QED) is 0.760. The van der Waals surface area contributed by atoms with E-state index in [-0.39, 0.29) is 5.91 Å². The van der Waals surface area contributed by atoms with E-state index in [4.69, 9.17) is 0 Å². The highest BCUT2D eigenvalue weighted by Gasteiger charge is 2.29. The monoisotopic (exact) mass is 282 g/mol. The molecule has 1 aliphatic rings. The molecule has 20 heavy (non-hydrogen) atoms. The maximum absolute atomic E-state index is 12.4. The van der Waals surface area contributed by atoms with Crippen LogP contribution in [-0.2, 0) is 11.0 Å². The van der Waals surface area contributed by atoms with E-state index in [1.54, 1.807) is 11.0 Å². The van der Waals surface area contributed by atoms with Crippen LogP contribution < -0.4 is 0 Å². The van der Waals surface area contributed by atoms with Crippen molar-refractivity contribution in [1.82, 2.24) is 4.90 Å². The lowest BCUT2D eigenvalue weighted by molar-refractivity contribution is -0.137. The van der Waals surface area contributed by atoms with Crippen LogP contribution >= 0.6 is 0 Å². The molecule has 1 fully saturated rings. The molecular weight excluding hydrogens is 267 g/mol. The Morgan fingerprint density at radius 2 is 1.70 bits per heavy atom. The lowest BCUT2D eigenvalue weighted by atomic mass is 10.1. The highest BCUT2D eigenvalue weighted by Crippen LogP contribution is 2.29. The van der Waals surface area contributed by atoms with Gasteiger partial charge < -0.3 is 4.90 Å². The first-order valence-electron chi connectivity index (χ1n) is 6.43. The van der Waals surface area contributed by atoms with Crippen LogP contribution in [0.3, 0.4) is 0 Å². The molecule has 0 bridgehead atoms. The van der Waals surface area contributed by atoms with Crippen LogP contribution in [0.25, 0.3) is 6.08 Å². The highest BCUT2D eigenvalue weighted by atomic mass is 19.4. The fraction of sp³-hybridized carbons (Fsp3) is 0.333. The number of likely N-dealkylation sites (tertiary alicyclic amines) is 1. The van der Waals surface area contributed by atoms with Crippen LogP contribution in [0.2, 0.25) is 0 Å². The SMILES string of the molecule is O=C(C=Cc1ccc(C(F)(F)F)cc1)N1CC[CH]CC1. The molecule has 0 unspecified atom stereocenters. The molecule has 1 aliphatic heterocycles. The summed E-state index contributed by atoms with van der Waals surface area (Å²) >= 11 is 0. The normalized spacial score (nSPS) is 16.6. The number of halogens is 3. The highest BCUT2D eigenvalue weighted by molar-refractivity contribution is 5.91. The van der Waals surface area contributed by atoms with E-state index in [9.17, 15) is 18.0 Å². The Morgan fingerprint density at radius 1 is 1.10 bits per heavy atom. The van der Waals surface area contributed by atoms with Crippen molar-refractivity contribution in [3.05, 3.63) is 47.9 Å². The average molecular weight is 282 g/mol. The Balaban J connectivity index is 1.98. The maximum Gasteiger partial charge on any atom is 0.416 e. The van der Waals surface area contributed by atoms with Crippen LogP contribution in [0, 0.1) is 6.42 Å². The first-order valence-corrected chi connectivity index (χ1v) is 6.43. The molecule has 2 nitrogen and oxygen atoms in total. The number of carbonyl (C=O) groups is 1. The molecule has 0 aliphatic carbocycles. The molecule has 0 saturated carbocycles. The van der Waals surface area contributed by atoms with Crippen molar-refractivity contribution in [2.75, 3.05) is 13.1 Å². The molecule has 107 valence electrons. The summed E-state index contributed by atoms with van der Waals surface area (Å²) in [5, 5.41) is 0. The zero-order valence-corrected chi connectivity index (χ0v) is 10.9. The van der Waals surface area contributed by atoms with Gasteiger partial charge in [0, 0.05) is 19.2 Å². The summed E-state index contributed by atoms with van der Waals surface area (Å²) in [4.78, 5) is 13.6. The van der Waals surface area contributed by atoms with Crippen molar-refractivity contribution in [2.45, 2.75) is 19.0 Å². The van der Waals surface area contributed by atoms with Crippen molar-refractivity contribution in [1.29, 1.82) is 0 Å². The van der Waals surface area contributed by atoms with Crippen LogP contribution in [0.5, 0.6) is 0 Å². The smallest absolute Gasteiger partial charge is 0.339 e. The Kier molecular flexibility index (Phi) is 4.47. The van der Waals surface area contributed by atoms with Gasteiger partial charge in [0.25, 0.3) is 0 Å². The van der Waals surface area contributed by atoms with Crippen molar-refractivity contribution < 1.29 is 18.0 Å². The molecule has 1 amide bonds. The summed E-state index contributed by atoms with van der Waals surface area (Å²) in [7, 11) is 0. The van der Waals surface area contributed by atoms with Crippen molar-refractivity contribution in [3.8, 4) is 0 Å². The van der Waals surface area contributed by atoms with Gasteiger partial charge in [-0.3, -0.25) is 4.79 Å². The molecule has 1 radical (unpaired) electrons. The number of rotatable bonds is 2. The third-order valence-electron chi connectivity index (χ3n) is 3.17. The van der Waals surface area contributed by atoms with Gasteiger partial charge in [-0.1, -0.05) is 12.1 Å². The number of amides is 1. The Hall–Kier alpha value is -1.78. The Bertz CT molecular complexity index is 485. The zero-order valence-electron chi connectivity index (χ0n) is 10.9. The minimum atomic E-state index is -4.33. The molecule has 1 heterocycles. The number of benzene rings is 1. The lowest BCUT2D eigenvalue weighted by Gasteiger charge is -2.25. The summed E-state index contributed by atoms with van der Waals surface area (Å²) < 4.78 is 37.2. The standard InChI is InChI=1S/C15H15F3NO/c16-15(17,18)13-7-4-12(5-8-13)6-9-14(20)19-10-2-1-3-11-19/h1,4-9H,2-3,10-11H2. The Morgan fingerprint density at radius 3 is 2.25 bits per heavy atom. The summed E-state index contributed by atoms with van der Waals surface area (Å²) in [5.41, 5.74) is -0.109. The van der Waals surface area contributed by atoms with E-state index >= 15 is 0 Å². The molecule has 1 saturated heterocycles. The number of hydrogen-bond donors (Lipinski definition) is 0. The van der Waals surface area contributed by atoms with Crippen molar-refractivity contribution in [3.63, 3.8) is 0 Å². The molecule has 0 N–H and O–H groups in total. The molecule has 1 aromatic rings. The Labute approximate surface area is 115 Å². The van der Waals surface area contributed by atoms with Gasteiger partial charge in [-0.05, 0) is 43.0 Å². The van der Waals surface area contributed by atoms with E-state index in [1.807, 2.05) is 0 Å². The van der Waals surface area contributed by atoms with Gasteiger partial charge in [0.1, 0.15) is 0 Å². The zero-order chi connectivity index (χ0) is 14.6. The van der Waals surface area contributed by atoms with Gasteiger partial charge in [0.15, 0.2) is 0 Å². The first-order chi connectivity index (χ1) is 9.47. The van der Waals surface area contributed by atoms with Crippen LogP contribution in [0.15, 0.2) is 30.3 Å². The summed E-state index contributed by atoms with van der Waals surface area (Å²) in [5.74, 6) is -0.0991. The van der Waals surface area contributed by atoms with Gasteiger partial charge in [-0.25, -0.2) is 0 Å². The second kappa shape index (κ2) is 6.11. The topological polar surface area (TPSA) is 20.3 Å². The molecule has 5 heteroatoms. The van der Waals surface area contributed by atoms with Gasteiger partial charge in [-0.15, -0.1) is 0 Å². The van der Waals surface area contributed by atoms with E-state index in [0.717, 1.165) is 25.0 Å². The number of nitrogens with zero attached hydrogens (tertiary/aromatic N) is 1. The third-order valence-corrected chi connectivity index (χ3v) is 3.17. The maximum atomic E-state index is 12.4. The van der Waals surface area contributed by atoms with Crippen LogP contribution in [-0.4, -0.2) is 23.9 Å².